The molecule has 1 aliphatic rings. The van der Waals surface area contributed by atoms with Crippen LogP contribution in [-0.4, -0.2) is 30.7 Å². The lowest BCUT2D eigenvalue weighted by atomic mass is 10.1. The van der Waals surface area contributed by atoms with Gasteiger partial charge in [-0.25, -0.2) is 0 Å². The monoisotopic (exact) mass is 366 g/mol. The molecule has 2 amide bonds. The number of hydrogen-bond donors (Lipinski definition) is 1. The molecule has 0 spiro atoms. The number of ketones is 1. The van der Waals surface area contributed by atoms with Gasteiger partial charge >= 0.3 is 0 Å². The highest BCUT2D eigenvalue weighted by Crippen LogP contribution is 2.27. The minimum Gasteiger partial charge on any atom is -0.494 e. The second-order valence-electron chi connectivity index (χ2n) is 6.46. The number of hydrogen-bond acceptors (Lipinski definition) is 4. The first-order chi connectivity index (χ1) is 13.0. The van der Waals surface area contributed by atoms with E-state index in [-0.39, 0.29) is 24.0 Å². The van der Waals surface area contributed by atoms with Gasteiger partial charge in [0.1, 0.15) is 5.75 Å². The summed E-state index contributed by atoms with van der Waals surface area (Å²) in [7, 11) is 0. The van der Waals surface area contributed by atoms with Crippen molar-refractivity contribution in [2.24, 2.45) is 5.92 Å². The molecule has 140 valence electrons. The summed E-state index contributed by atoms with van der Waals surface area (Å²) in [5, 5.41) is 2.81. The first-order valence-corrected chi connectivity index (χ1v) is 8.93. The Labute approximate surface area is 158 Å². The summed E-state index contributed by atoms with van der Waals surface area (Å²) in [6.07, 6.45) is 0.158. The maximum Gasteiger partial charge on any atom is 0.229 e. The molecule has 1 N–H and O–H groups in total. The van der Waals surface area contributed by atoms with Gasteiger partial charge in [-0.15, -0.1) is 0 Å². The van der Waals surface area contributed by atoms with Crippen LogP contribution in [0.25, 0.3) is 0 Å². The van der Waals surface area contributed by atoms with Crippen molar-refractivity contribution in [2.45, 2.75) is 20.3 Å². The fourth-order valence-corrected chi connectivity index (χ4v) is 3.08. The minimum atomic E-state index is -0.440. The van der Waals surface area contributed by atoms with Crippen molar-refractivity contribution in [3.8, 4) is 5.75 Å². The lowest BCUT2D eigenvalue weighted by Crippen LogP contribution is -2.28. The third kappa shape index (κ3) is 4.34. The van der Waals surface area contributed by atoms with Gasteiger partial charge in [0.25, 0.3) is 0 Å². The second-order valence-corrected chi connectivity index (χ2v) is 6.46. The Morgan fingerprint density at radius 2 is 1.93 bits per heavy atom. The molecule has 6 heteroatoms. The van der Waals surface area contributed by atoms with E-state index in [4.69, 9.17) is 4.74 Å². The van der Waals surface area contributed by atoms with Crippen molar-refractivity contribution < 1.29 is 19.1 Å². The lowest BCUT2D eigenvalue weighted by molar-refractivity contribution is -0.122. The summed E-state index contributed by atoms with van der Waals surface area (Å²) < 4.78 is 5.41. The van der Waals surface area contributed by atoms with Gasteiger partial charge in [0.2, 0.25) is 11.8 Å². The first-order valence-electron chi connectivity index (χ1n) is 8.93. The summed E-state index contributed by atoms with van der Waals surface area (Å²) in [5.74, 6) is -0.0734. The summed E-state index contributed by atoms with van der Waals surface area (Å²) in [4.78, 5) is 38.0. The second kappa shape index (κ2) is 8.03. The maximum absolute atomic E-state index is 12.6. The Bertz CT molecular complexity index is 861. The van der Waals surface area contributed by atoms with Crippen LogP contribution in [0.5, 0.6) is 5.75 Å². The number of benzene rings is 2. The fourth-order valence-electron chi connectivity index (χ4n) is 3.08. The predicted molar refractivity (Wildman–Crippen MR) is 103 cm³/mol. The zero-order valence-corrected chi connectivity index (χ0v) is 15.4. The minimum absolute atomic E-state index is 0.0659. The number of carbonyl (C=O) groups excluding carboxylic acids is 3. The number of nitrogens with one attached hydrogen (secondary N) is 1. The zero-order chi connectivity index (χ0) is 19.4. The van der Waals surface area contributed by atoms with E-state index < -0.39 is 5.92 Å². The third-order valence-electron chi connectivity index (χ3n) is 4.49. The quantitative estimate of drug-likeness (QED) is 0.796. The van der Waals surface area contributed by atoms with Crippen molar-refractivity contribution in [1.29, 1.82) is 0 Å². The van der Waals surface area contributed by atoms with Gasteiger partial charge in [-0.2, -0.15) is 0 Å². The Morgan fingerprint density at radius 1 is 1.19 bits per heavy atom. The lowest BCUT2D eigenvalue weighted by Gasteiger charge is -2.17. The molecule has 1 heterocycles. The van der Waals surface area contributed by atoms with Crippen molar-refractivity contribution in [1.82, 2.24) is 0 Å². The van der Waals surface area contributed by atoms with E-state index in [1.54, 1.807) is 29.2 Å². The molecule has 1 unspecified atom stereocenters. The molecule has 2 aromatic rings. The largest absolute Gasteiger partial charge is 0.494 e. The average Bonchev–Trinajstić information content (AvgIpc) is 3.05. The van der Waals surface area contributed by atoms with Crippen LogP contribution in [0.2, 0.25) is 0 Å². The van der Waals surface area contributed by atoms with Gasteiger partial charge in [0, 0.05) is 29.9 Å². The van der Waals surface area contributed by atoms with Crippen LogP contribution < -0.4 is 15.0 Å². The molecule has 2 aromatic carbocycles. The van der Waals surface area contributed by atoms with Crippen molar-refractivity contribution in [2.75, 3.05) is 23.4 Å². The number of Topliss-reactive ketones (excluding diaryl/α,β-unsaturated/α-hetero) is 1. The molecule has 1 atom stereocenters. The van der Waals surface area contributed by atoms with Gasteiger partial charge in [-0.3, -0.25) is 14.4 Å². The van der Waals surface area contributed by atoms with Crippen molar-refractivity contribution in [3.63, 3.8) is 0 Å². The Morgan fingerprint density at radius 3 is 2.59 bits per heavy atom. The van der Waals surface area contributed by atoms with E-state index in [1.165, 1.54) is 6.92 Å². The van der Waals surface area contributed by atoms with Crippen LogP contribution in [0.3, 0.4) is 0 Å². The smallest absolute Gasteiger partial charge is 0.229 e. The third-order valence-corrected chi connectivity index (χ3v) is 4.49. The maximum atomic E-state index is 12.6. The van der Waals surface area contributed by atoms with Crippen LogP contribution in [-0.2, 0) is 9.59 Å². The molecule has 0 saturated carbocycles. The predicted octanol–water partition coefficient (Wildman–Crippen LogP) is 3.28. The molecular weight excluding hydrogens is 344 g/mol. The Balaban J connectivity index is 1.66. The summed E-state index contributed by atoms with van der Waals surface area (Å²) >= 11 is 0. The van der Waals surface area contributed by atoms with Crippen molar-refractivity contribution in [3.05, 3.63) is 54.1 Å². The van der Waals surface area contributed by atoms with E-state index in [2.05, 4.69) is 5.32 Å². The molecule has 0 aliphatic carbocycles. The van der Waals surface area contributed by atoms with Crippen LogP contribution in [0, 0.1) is 5.92 Å². The van der Waals surface area contributed by atoms with Crippen LogP contribution in [0.1, 0.15) is 30.6 Å². The summed E-state index contributed by atoms with van der Waals surface area (Å²) in [6.45, 7) is 4.29. The summed E-state index contributed by atoms with van der Waals surface area (Å²) in [5.41, 5.74) is 1.84. The molecule has 0 bridgehead atoms. The molecule has 6 nitrogen and oxygen atoms in total. The van der Waals surface area contributed by atoms with Gasteiger partial charge < -0.3 is 15.0 Å². The average molecular weight is 366 g/mol. The van der Waals surface area contributed by atoms with E-state index in [9.17, 15) is 14.4 Å². The first kappa shape index (κ1) is 18.6. The van der Waals surface area contributed by atoms with E-state index >= 15 is 0 Å². The SMILES string of the molecule is CCOc1ccc(N2CC(C(=O)Nc3cccc(C(C)=O)c3)CC2=O)cc1. The number of ether oxygens (including phenoxy) is 1. The number of carbonyl (C=O) groups is 3. The van der Waals surface area contributed by atoms with E-state index in [0.29, 0.717) is 24.4 Å². The van der Waals surface area contributed by atoms with Crippen LogP contribution >= 0.6 is 0 Å². The zero-order valence-electron chi connectivity index (χ0n) is 15.4. The van der Waals surface area contributed by atoms with Gasteiger partial charge in [-0.1, -0.05) is 12.1 Å². The Hall–Kier alpha value is -3.15. The molecule has 1 aliphatic heterocycles. The summed E-state index contributed by atoms with van der Waals surface area (Å²) in [6, 6.07) is 14.0. The molecule has 3 rings (SSSR count). The molecule has 27 heavy (non-hydrogen) atoms. The highest BCUT2D eigenvalue weighted by atomic mass is 16.5. The number of nitrogens with zero attached hydrogens (tertiary/aromatic N) is 1. The number of amides is 2. The highest BCUT2D eigenvalue weighted by molar-refractivity contribution is 6.04. The van der Waals surface area contributed by atoms with Gasteiger partial charge in [-0.05, 0) is 50.2 Å². The van der Waals surface area contributed by atoms with Gasteiger partial charge in [0.05, 0.1) is 12.5 Å². The van der Waals surface area contributed by atoms with Gasteiger partial charge in [0.15, 0.2) is 5.78 Å². The van der Waals surface area contributed by atoms with Crippen LogP contribution in [0.4, 0.5) is 11.4 Å². The standard InChI is InChI=1S/C21H22N2O4/c1-3-27-19-9-7-18(8-10-19)23-13-16(12-20(23)25)21(26)22-17-6-4-5-15(11-17)14(2)24/h4-11,16H,3,12-13H2,1-2H3,(H,22,26). The van der Waals surface area contributed by atoms with Crippen molar-refractivity contribution >= 4 is 29.0 Å². The van der Waals surface area contributed by atoms with E-state index in [0.717, 1.165) is 11.4 Å². The van der Waals surface area contributed by atoms with Crippen LogP contribution in [0.15, 0.2) is 48.5 Å². The fraction of sp³-hybridized carbons (Fsp3) is 0.286. The highest BCUT2D eigenvalue weighted by Gasteiger charge is 2.35. The molecule has 1 saturated heterocycles. The molecule has 0 aromatic heterocycles. The topological polar surface area (TPSA) is 75.7 Å². The normalized spacial score (nSPS) is 16.3. The molecule has 0 radical (unpaired) electrons. The van der Waals surface area contributed by atoms with E-state index in [1.807, 2.05) is 31.2 Å². The molecular formula is C21H22N2O4. The molecule has 1 fully saturated rings. The number of rotatable bonds is 6. The Kier molecular flexibility index (Phi) is 5.54. The number of anilines is 2.